The summed E-state index contributed by atoms with van der Waals surface area (Å²) in [5, 5.41) is 4.58. The van der Waals surface area contributed by atoms with Gasteiger partial charge in [0.2, 0.25) is 0 Å². The number of nitrogens with zero attached hydrogens (tertiary/aromatic N) is 1. The van der Waals surface area contributed by atoms with Crippen LogP contribution < -0.4 is 5.32 Å². The van der Waals surface area contributed by atoms with Crippen LogP contribution in [0.15, 0.2) is 41.0 Å². The van der Waals surface area contributed by atoms with Gasteiger partial charge in [-0.25, -0.2) is 0 Å². The average molecular weight is 360 g/mol. The standard InChI is InChI=1S/C14H13BrCl2N2/c1-18-13(7-10-6-5-9(15)8-19-10)14-11(16)3-2-4-12(14)17/h2-6,8,13,18H,7H2,1H3. The van der Waals surface area contributed by atoms with Crippen LogP contribution in [0.25, 0.3) is 0 Å². The first kappa shape index (κ1) is 14.8. The van der Waals surface area contributed by atoms with E-state index in [1.54, 1.807) is 6.20 Å². The molecule has 1 heterocycles. The van der Waals surface area contributed by atoms with Crippen LogP contribution in [0.4, 0.5) is 0 Å². The van der Waals surface area contributed by atoms with Crippen molar-refractivity contribution in [3.63, 3.8) is 0 Å². The van der Waals surface area contributed by atoms with Gasteiger partial charge in [-0.15, -0.1) is 0 Å². The SMILES string of the molecule is CNC(Cc1ccc(Br)cn1)c1c(Cl)cccc1Cl. The van der Waals surface area contributed by atoms with Gasteiger partial charge in [0.1, 0.15) is 0 Å². The summed E-state index contributed by atoms with van der Waals surface area (Å²) >= 11 is 15.9. The van der Waals surface area contributed by atoms with Crippen LogP contribution >= 0.6 is 39.1 Å². The highest BCUT2D eigenvalue weighted by atomic mass is 79.9. The van der Waals surface area contributed by atoms with Gasteiger partial charge in [-0.1, -0.05) is 29.3 Å². The minimum atomic E-state index is 0.0369. The van der Waals surface area contributed by atoms with E-state index in [-0.39, 0.29) is 6.04 Å². The minimum Gasteiger partial charge on any atom is -0.313 e. The van der Waals surface area contributed by atoms with E-state index >= 15 is 0 Å². The zero-order valence-electron chi connectivity index (χ0n) is 10.3. The molecule has 0 fully saturated rings. The molecule has 2 rings (SSSR count). The second-order valence-corrected chi connectivity index (χ2v) is 5.88. The van der Waals surface area contributed by atoms with Crippen molar-refractivity contribution < 1.29 is 0 Å². The van der Waals surface area contributed by atoms with Gasteiger partial charge in [0.05, 0.1) is 0 Å². The van der Waals surface area contributed by atoms with E-state index in [0.717, 1.165) is 22.2 Å². The molecule has 0 saturated heterocycles. The molecule has 0 bridgehead atoms. The fourth-order valence-corrected chi connectivity index (χ4v) is 2.82. The number of benzene rings is 1. The molecule has 1 atom stereocenters. The molecule has 1 unspecified atom stereocenters. The number of hydrogen-bond acceptors (Lipinski definition) is 2. The van der Waals surface area contributed by atoms with E-state index in [4.69, 9.17) is 23.2 Å². The molecule has 1 N–H and O–H groups in total. The molecule has 100 valence electrons. The maximum atomic E-state index is 6.24. The third kappa shape index (κ3) is 3.69. The van der Waals surface area contributed by atoms with Gasteiger partial charge < -0.3 is 5.32 Å². The van der Waals surface area contributed by atoms with Crippen LogP contribution in [0.1, 0.15) is 17.3 Å². The second-order valence-electron chi connectivity index (χ2n) is 4.15. The zero-order valence-corrected chi connectivity index (χ0v) is 13.4. The maximum absolute atomic E-state index is 6.24. The quantitative estimate of drug-likeness (QED) is 0.859. The number of likely N-dealkylation sites (N-methyl/N-ethyl adjacent to an activating group) is 1. The molecule has 0 aliphatic heterocycles. The molecule has 1 aromatic heterocycles. The molecular formula is C14H13BrCl2N2. The van der Waals surface area contributed by atoms with Gasteiger partial charge in [0.15, 0.2) is 0 Å². The maximum Gasteiger partial charge on any atom is 0.0468 e. The highest BCUT2D eigenvalue weighted by Crippen LogP contribution is 2.31. The Morgan fingerprint density at radius 1 is 1.21 bits per heavy atom. The van der Waals surface area contributed by atoms with Crippen molar-refractivity contribution in [2.24, 2.45) is 0 Å². The summed E-state index contributed by atoms with van der Waals surface area (Å²) in [7, 11) is 1.89. The molecule has 2 nitrogen and oxygen atoms in total. The van der Waals surface area contributed by atoms with Crippen molar-refractivity contribution in [1.29, 1.82) is 0 Å². The molecule has 0 spiro atoms. The number of pyridine rings is 1. The number of halogens is 3. The zero-order chi connectivity index (χ0) is 13.8. The van der Waals surface area contributed by atoms with Crippen LogP contribution in [0, 0.1) is 0 Å². The van der Waals surface area contributed by atoms with E-state index in [1.165, 1.54) is 0 Å². The normalized spacial score (nSPS) is 12.4. The lowest BCUT2D eigenvalue weighted by atomic mass is 10.0. The fourth-order valence-electron chi connectivity index (χ4n) is 1.93. The van der Waals surface area contributed by atoms with Gasteiger partial charge in [0.25, 0.3) is 0 Å². The van der Waals surface area contributed by atoms with Crippen LogP contribution in [0.5, 0.6) is 0 Å². The Labute approximate surface area is 131 Å². The summed E-state index contributed by atoms with van der Waals surface area (Å²) in [6.07, 6.45) is 2.52. The average Bonchev–Trinajstić information content (AvgIpc) is 2.39. The summed E-state index contributed by atoms with van der Waals surface area (Å²) in [6, 6.07) is 9.54. The van der Waals surface area contributed by atoms with Crippen molar-refractivity contribution in [3.05, 3.63) is 62.3 Å². The molecule has 0 aliphatic rings. The van der Waals surface area contributed by atoms with E-state index in [1.807, 2.05) is 37.4 Å². The molecular weight excluding hydrogens is 347 g/mol. The van der Waals surface area contributed by atoms with Crippen LogP contribution in [0.3, 0.4) is 0 Å². The third-order valence-corrected chi connectivity index (χ3v) is 4.03. The summed E-state index contributed by atoms with van der Waals surface area (Å²) in [6.45, 7) is 0. The highest BCUT2D eigenvalue weighted by Gasteiger charge is 2.17. The molecule has 0 amide bonds. The molecule has 0 saturated carbocycles. The number of rotatable bonds is 4. The topological polar surface area (TPSA) is 24.9 Å². The predicted octanol–water partition coefficient (Wildman–Crippen LogP) is 4.65. The van der Waals surface area contributed by atoms with E-state index < -0.39 is 0 Å². The number of aromatic nitrogens is 1. The Hall–Kier alpha value is -0.610. The van der Waals surface area contributed by atoms with Crippen molar-refractivity contribution in [3.8, 4) is 0 Å². The monoisotopic (exact) mass is 358 g/mol. The first-order valence-electron chi connectivity index (χ1n) is 5.83. The Morgan fingerprint density at radius 3 is 2.42 bits per heavy atom. The van der Waals surface area contributed by atoms with Crippen molar-refractivity contribution >= 4 is 39.1 Å². The van der Waals surface area contributed by atoms with Crippen LogP contribution in [-0.2, 0) is 6.42 Å². The summed E-state index contributed by atoms with van der Waals surface area (Å²) < 4.78 is 0.966. The largest absolute Gasteiger partial charge is 0.313 e. The third-order valence-electron chi connectivity index (χ3n) is 2.90. The number of nitrogens with one attached hydrogen (secondary N) is 1. The number of hydrogen-bond donors (Lipinski definition) is 1. The molecule has 0 radical (unpaired) electrons. The molecule has 1 aromatic carbocycles. The lowest BCUT2D eigenvalue weighted by molar-refractivity contribution is 0.585. The van der Waals surface area contributed by atoms with Crippen LogP contribution in [0.2, 0.25) is 10.0 Å². The molecule has 2 aromatic rings. The van der Waals surface area contributed by atoms with Gasteiger partial charge in [0, 0.05) is 44.4 Å². The van der Waals surface area contributed by atoms with Crippen molar-refractivity contribution in [2.45, 2.75) is 12.5 Å². The smallest absolute Gasteiger partial charge is 0.0468 e. The Bertz CT molecular complexity index is 538. The summed E-state index contributed by atoms with van der Waals surface area (Å²) in [5.41, 5.74) is 1.90. The van der Waals surface area contributed by atoms with Gasteiger partial charge in [-0.05, 0) is 47.2 Å². The second kappa shape index (κ2) is 6.71. The van der Waals surface area contributed by atoms with E-state index in [0.29, 0.717) is 10.0 Å². The highest BCUT2D eigenvalue weighted by molar-refractivity contribution is 9.10. The Kier molecular flexibility index (Phi) is 5.22. The van der Waals surface area contributed by atoms with E-state index in [9.17, 15) is 0 Å². The Balaban J connectivity index is 2.27. The minimum absolute atomic E-state index is 0.0369. The fraction of sp³-hybridized carbons (Fsp3) is 0.214. The molecule has 5 heteroatoms. The lowest BCUT2D eigenvalue weighted by Gasteiger charge is -2.19. The summed E-state index contributed by atoms with van der Waals surface area (Å²) in [5.74, 6) is 0. The van der Waals surface area contributed by atoms with Crippen LogP contribution in [-0.4, -0.2) is 12.0 Å². The van der Waals surface area contributed by atoms with Gasteiger partial charge in [-0.2, -0.15) is 0 Å². The van der Waals surface area contributed by atoms with Gasteiger partial charge >= 0.3 is 0 Å². The molecule has 19 heavy (non-hydrogen) atoms. The van der Waals surface area contributed by atoms with Gasteiger partial charge in [-0.3, -0.25) is 4.98 Å². The first-order chi connectivity index (χ1) is 9.11. The van der Waals surface area contributed by atoms with E-state index in [2.05, 4.69) is 26.2 Å². The Morgan fingerprint density at radius 2 is 1.89 bits per heavy atom. The first-order valence-corrected chi connectivity index (χ1v) is 7.38. The lowest BCUT2D eigenvalue weighted by Crippen LogP contribution is -2.20. The summed E-state index contributed by atoms with van der Waals surface area (Å²) in [4.78, 5) is 4.38. The van der Waals surface area contributed by atoms with Crippen molar-refractivity contribution in [1.82, 2.24) is 10.3 Å². The van der Waals surface area contributed by atoms with Crippen molar-refractivity contribution in [2.75, 3.05) is 7.05 Å². The molecule has 0 aliphatic carbocycles. The predicted molar refractivity (Wildman–Crippen MR) is 83.9 cm³/mol.